The van der Waals surface area contributed by atoms with Gasteiger partial charge in [-0.25, -0.2) is 0 Å². The van der Waals surface area contributed by atoms with Crippen molar-refractivity contribution in [2.45, 2.75) is 38.8 Å². The number of nitrogens with zero attached hydrogens (tertiary/aromatic N) is 3. The van der Waals surface area contributed by atoms with Gasteiger partial charge < -0.3 is 10.0 Å². The van der Waals surface area contributed by atoms with Crippen LogP contribution in [0.5, 0.6) is 0 Å². The Morgan fingerprint density at radius 1 is 1.47 bits per heavy atom. The lowest BCUT2D eigenvalue weighted by Crippen LogP contribution is -2.46. The molecule has 19 heavy (non-hydrogen) atoms. The maximum atomic E-state index is 12.1. The van der Waals surface area contributed by atoms with E-state index >= 15 is 0 Å². The van der Waals surface area contributed by atoms with Gasteiger partial charge in [-0.1, -0.05) is 0 Å². The van der Waals surface area contributed by atoms with Gasteiger partial charge in [0, 0.05) is 37.9 Å². The molecule has 1 aromatic rings. The van der Waals surface area contributed by atoms with Crippen LogP contribution in [0.1, 0.15) is 26.2 Å². The van der Waals surface area contributed by atoms with E-state index in [1.807, 2.05) is 19.2 Å². The quantitative estimate of drug-likeness (QED) is 0.880. The predicted octanol–water partition coefficient (Wildman–Crippen LogP) is 0.985. The molecule has 104 valence electrons. The van der Waals surface area contributed by atoms with Gasteiger partial charge in [-0.3, -0.25) is 14.3 Å². The van der Waals surface area contributed by atoms with Crippen molar-refractivity contribution in [3.63, 3.8) is 0 Å². The lowest BCUT2D eigenvalue weighted by atomic mass is 9.91. The van der Waals surface area contributed by atoms with Crippen LogP contribution in [0.15, 0.2) is 18.5 Å². The van der Waals surface area contributed by atoms with E-state index in [0.29, 0.717) is 32.4 Å². The van der Waals surface area contributed by atoms with Crippen molar-refractivity contribution in [2.75, 3.05) is 6.54 Å². The summed E-state index contributed by atoms with van der Waals surface area (Å²) < 4.78 is 1.73. The maximum Gasteiger partial charge on any atom is 0.306 e. The van der Waals surface area contributed by atoms with Crippen molar-refractivity contribution in [2.24, 2.45) is 5.92 Å². The highest BCUT2D eigenvalue weighted by Crippen LogP contribution is 2.23. The van der Waals surface area contributed by atoms with Gasteiger partial charge in [-0.2, -0.15) is 5.10 Å². The number of likely N-dealkylation sites (tertiary alicyclic amines) is 1. The van der Waals surface area contributed by atoms with Gasteiger partial charge in [-0.05, 0) is 25.8 Å². The Labute approximate surface area is 112 Å². The fourth-order valence-electron chi connectivity index (χ4n) is 2.55. The van der Waals surface area contributed by atoms with Crippen LogP contribution in [-0.2, 0) is 16.1 Å². The first-order valence-corrected chi connectivity index (χ1v) is 6.57. The molecule has 1 amide bonds. The largest absolute Gasteiger partial charge is 0.481 e. The van der Waals surface area contributed by atoms with Crippen molar-refractivity contribution in [3.8, 4) is 0 Å². The Hall–Kier alpha value is -1.85. The minimum absolute atomic E-state index is 0.0000265. The zero-order chi connectivity index (χ0) is 13.8. The van der Waals surface area contributed by atoms with E-state index in [1.54, 1.807) is 15.8 Å². The number of aliphatic carboxylic acids is 1. The molecule has 1 aliphatic heterocycles. The van der Waals surface area contributed by atoms with Gasteiger partial charge in [-0.15, -0.1) is 0 Å². The Kier molecular flexibility index (Phi) is 4.19. The van der Waals surface area contributed by atoms with Crippen LogP contribution < -0.4 is 0 Å². The molecule has 0 saturated carbocycles. The molecule has 1 aliphatic rings. The third-order valence-corrected chi connectivity index (χ3v) is 3.66. The summed E-state index contributed by atoms with van der Waals surface area (Å²) in [6.07, 6.45) is 5.01. The van der Waals surface area contributed by atoms with Crippen molar-refractivity contribution < 1.29 is 14.7 Å². The molecular weight excluding hydrogens is 246 g/mol. The number of amides is 1. The molecule has 6 heteroatoms. The van der Waals surface area contributed by atoms with Gasteiger partial charge >= 0.3 is 5.97 Å². The van der Waals surface area contributed by atoms with Crippen LogP contribution in [0.2, 0.25) is 0 Å². The summed E-state index contributed by atoms with van der Waals surface area (Å²) >= 11 is 0. The van der Waals surface area contributed by atoms with Crippen LogP contribution in [0.3, 0.4) is 0 Å². The van der Waals surface area contributed by atoms with Gasteiger partial charge in [0.2, 0.25) is 5.91 Å². The summed E-state index contributed by atoms with van der Waals surface area (Å²) in [7, 11) is 0. The lowest BCUT2D eigenvalue weighted by Gasteiger charge is -2.36. The third-order valence-electron chi connectivity index (χ3n) is 3.66. The predicted molar refractivity (Wildman–Crippen MR) is 68.4 cm³/mol. The lowest BCUT2D eigenvalue weighted by molar-refractivity contribution is -0.147. The minimum Gasteiger partial charge on any atom is -0.481 e. The first-order valence-electron chi connectivity index (χ1n) is 6.57. The SMILES string of the molecule is CC1CC(C(=O)O)CCN1C(=O)CCn1cccn1. The van der Waals surface area contributed by atoms with Crippen molar-refractivity contribution in [3.05, 3.63) is 18.5 Å². The topological polar surface area (TPSA) is 75.4 Å². The zero-order valence-electron chi connectivity index (χ0n) is 11.0. The third kappa shape index (κ3) is 3.33. The molecule has 0 aromatic carbocycles. The van der Waals surface area contributed by atoms with Gasteiger partial charge in [0.15, 0.2) is 0 Å². The Balaban J connectivity index is 1.84. The van der Waals surface area contributed by atoms with Gasteiger partial charge in [0.25, 0.3) is 0 Å². The number of hydrogen-bond acceptors (Lipinski definition) is 3. The van der Waals surface area contributed by atoms with E-state index < -0.39 is 5.97 Å². The Morgan fingerprint density at radius 2 is 2.26 bits per heavy atom. The average Bonchev–Trinajstić information content (AvgIpc) is 2.88. The highest BCUT2D eigenvalue weighted by Gasteiger charge is 2.31. The molecule has 1 N–H and O–H groups in total. The summed E-state index contributed by atoms with van der Waals surface area (Å²) in [5, 5.41) is 13.1. The number of aromatic nitrogens is 2. The standard InChI is InChI=1S/C13H19N3O3/c1-10-9-11(13(18)19)3-8-16(10)12(17)4-7-15-6-2-5-14-15/h2,5-6,10-11H,3-4,7-9H2,1H3,(H,18,19). The second-order valence-corrected chi connectivity index (χ2v) is 5.01. The summed E-state index contributed by atoms with van der Waals surface area (Å²) in [4.78, 5) is 24.9. The van der Waals surface area contributed by atoms with Gasteiger partial charge in [0.05, 0.1) is 5.92 Å². The number of carbonyl (C=O) groups is 2. The molecule has 2 heterocycles. The second kappa shape index (κ2) is 5.86. The monoisotopic (exact) mass is 265 g/mol. The molecule has 1 saturated heterocycles. The number of hydrogen-bond donors (Lipinski definition) is 1. The molecule has 1 aromatic heterocycles. The molecule has 2 rings (SSSR count). The van der Waals surface area contributed by atoms with E-state index in [2.05, 4.69) is 5.10 Å². The van der Waals surface area contributed by atoms with Crippen LogP contribution in [0.4, 0.5) is 0 Å². The molecule has 0 aliphatic carbocycles. The smallest absolute Gasteiger partial charge is 0.306 e. The molecule has 0 radical (unpaired) electrons. The number of piperidine rings is 1. The number of aryl methyl sites for hydroxylation is 1. The first-order chi connectivity index (χ1) is 9.08. The van der Waals surface area contributed by atoms with E-state index in [1.165, 1.54) is 0 Å². The number of carboxylic acids is 1. The van der Waals surface area contributed by atoms with Crippen molar-refractivity contribution >= 4 is 11.9 Å². The first kappa shape index (κ1) is 13.6. The van der Waals surface area contributed by atoms with Crippen LogP contribution in [-0.4, -0.2) is 44.3 Å². The number of carbonyl (C=O) groups excluding carboxylic acids is 1. The van der Waals surface area contributed by atoms with E-state index in [-0.39, 0.29) is 17.9 Å². The van der Waals surface area contributed by atoms with Crippen molar-refractivity contribution in [1.82, 2.24) is 14.7 Å². The highest BCUT2D eigenvalue weighted by atomic mass is 16.4. The molecule has 2 atom stereocenters. The minimum atomic E-state index is -0.754. The van der Waals surface area contributed by atoms with Gasteiger partial charge in [0.1, 0.15) is 0 Å². The molecule has 0 spiro atoms. The Morgan fingerprint density at radius 3 is 2.84 bits per heavy atom. The molecule has 1 fully saturated rings. The molecule has 6 nitrogen and oxygen atoms in total. The summed E-state index contributed by atoms with van der Waals surface area (Å²) in [5.74, 6) is -0.993. The zero-order valence-corrected chi connectivity index (χ0v) is 11.0. The Bertz CT molecular complexity index is 444. The summed E-state index contributed by atoms with van der Waals surface area (Å²) in [6, 6.07) is 1.82. The number of rotatable bonds is 4. The number of carboxylic acid groups (broad SMARTS) is 1. The van der Waals surface area contributed by atoms with Crippen LogP contribution in [0.25, 0.3) is 0 Å². The van der Waals surface area contributed by atoms with Crippen LogP contribution >= 0.6 is 0 Å². The maximum absolute atomic E-state index is 12.1. The second-order valence-electron chi connectivity index (χ2n) is 5.01. The molecule has 2 unspecified atom stereocenters. The summed E-state index contributed by atoms with van der Waals surface area (Å²) in [6.45, 7) is 3.02. The van der Waals surface area contributed by atoms with E-state index in [9.17, 15) is 9.59 Å². The van der Waals surface area contributed by atoms with Crippen LogP contribution in [0, 0.1) is 5.92 Å². The summed E-state index contributed by atoms with van der Waals surface area (Å²) in [5.41, 5.74) is 0. The fourth-order valence-corrected chi connectivity index (χ4v) is 2.55. The van der Waals surface area contributed by atoms with Crippen molar-refractivity contribution in [1.29, 1.82) is 0 Å². The highest BCUT2D eigenvalue weighted by molar-refractivity contribution is 5.77. The molecular formula is C13H19N3O3. The fraction of sp³-hybridized carbons (Fsp3) is 0.615. The molecule has 0 bridgehead atoms. The normalized spacial score (nSPS) is 23.3. The van der Waals surface area contributed by atoms with E-state index in [4.69, 9.17) is 5.11 Å². The average molecular weight is 265 g/mol. The van der Waals surface area contributed by atoms with E-state index in [0.717, 1.165) is 0 Å².